The average molecular weight is 428 g/mol. The molecule has 5 nitrogen and oxygen atoms in total. The van der Waals surface area contributed by atoms with Gasteiger partial charge in [0, 0.05) is 34.2 Å². The molecule has 27 heavy (non-hydrogen) atoms. The van der Waals surface area contributed by atoms with Crippen molar-refractivity contribution >= 4 is 21.8 Å². The van der Waals surface area contributed by atoms with E-state index in [1.54, 1.807) is 0 Å². The van der Waals surface area contributed by atoms with Crippen LogP contribution in [0, 0.1) is 20.8 Å². The zero-order valence-corrected chi connectivity index (χ0v) is 17.3. The SMILES string of the molecule is Cc1cc(C2CCCN2C(=O)c2cc(C)n(-c3cccc(Br)c3)c2C)on1. The van der Waals surface area contributed by atoms with E-state index in [0.717, 1.165) is 58.0 Å². The Balaban J connectivity index is 1.69. The molecule has 3 heterocycles. The predicted molar refractivity (Wildman–Crippen MR) is 107 cm³/mol. The van der Waals surface area contributed by atoms with Gasteiger partial charge in [-0.05, 0) is 57.9 Å². The molecule has 1 aliphatic heterocycles. The molecule has 0 radical (unpaired) electrons. The lowest BCUT2D eigenvalue weighted by Gasteiger charge is -2.22. The average Bonchev–Trinajstić information content (AvgIpc) is 3.33. The van der Waals surface area contributed by atoms with Crippen molar-refractivity contribution < 1.29 is 9.32 Å². The topological polar surface area (TPSA) is 51.3 Å². The van der Waals surface area contributed by atoms with Gasteiger partial charge in [-0.2, -0.15) is 0 Å². The van der Waals surface area contributed by atoms with Gasteiger partial charge in [-0.3, -0.25) is 4.79 Å². The fourth-order valence-electron chi connectivity index (χ4n) is 3.99. The lowest BCUT2D eigenvalue weighted by atomic mass is 10.1. The van der Waals surface area contributed by atoms with E-state index in [1.165, 1.54) is 0 Å². The molecule has 0 bridgehead atoms. The number of amides is 1. The number of benzene rings is 1. The first-order valence-electron chi connectivity index (χ1n) is 9.15. The van der Waals surface area contributed by atoms with E-state index in [0.29, 0.717) is 0 Å². The monoisotopic (exact) mass is 427 g/mol. The summed E-state index contributed by atoms with van der Waals surface area (Å²) < 4.78 is 8.59. The molecule has 0 aliphatic carbocycles. The van der Waals surface area contributed by atoms with Gasteiger partial charge in [-0.1, -0.05) is 27.2 Å². The summed E-state index contributed by atoms with van der Waals surface area (Å²) in [5.74, 6) is 0.833. The largest absolute Gasteiger partial charge is 0.359 e. The number of likely N-dealkylation sites (tertiary alicyclic amines) is 1. The molecule has 1 unspecified atom stereocenters. The highest BCUT2D eigenvalue weighted by molar-refractivity contribution is 9.10. The molecule has 6 heteroatoms. The van der Waals surface area contributed by atoms with E-state index in [4.69, 9.17) is 4.52 Å². The Bertz CT molecular complexity index is 1000. The molecule has 3 aromatic rings. The molecule has 1 amide bonds. The minimum absolute atomic E-state index is 0.0346. The van der Waals surface area contributed by atoms with Crippen LogP contribution in [0.15, 0.2) is 45.4 Å². The second kappa shape index (κ2) is 7.00. The van der Waals surface area contributed by atoms with E-state index in [9.17, 15) is 4.79 Å². The normalized spacial score (nSPS) is 16.9. The van der Waals surface area contributed by atoms with Gasteiger partial charge in [0.15, 0.2) is 5.76 Å². The van der Waals surface area contributed by atoms with Crippen molar-refractivity contribution in [1.29, 1.82) is 0 Å². The Hall–Kier alpha value is -2.34. The highest BCUT2D eigenvalue weighted by Gasteiger charge is 2.34. The van der Waals surface area contributed by atoms with E-state index in [2.05, 4.69) is 37.8 Å². The molecule has 0 N–H and O–H groups in total. The van der Waals surface area contributed by atoms with Crippen molar-refractivity contribution in [1.82, 2.24) is 14.6 Å². The number of rotatable bonds is 3. The Labute approximate surface area is 167 Å². The van der Waals surface area contributed by atoms with Crippen LogP contribution in [0.25, 0.3) is 5.69 Å². The van der Waals surface area contributed by atoms with Crippen LogP contribution in [-0.2, 0) is 0 Å². The predicted octanol–water partition coefficient (Wildman–Crippen LogP) is 5.13. The quantitative estimate of drug-likeness (QED) is 0.581. The Morgan fingerprint density at radius 3 is 2.74 bits per heavy atom. The van der Waals surface area contributed by atoms with Crippen molar-refractivity contribution in [3.05, 3.63) is 69.3 Å². The molecule has 2 aromatic heterocycles. The number of hydrogen-bond donors (Lipinski definition) is 0. The zero-order valence-electron chi connectivity index (χ0n) is 15.7. The molecule has 1 aliphatic rings. The Kier molecular flexibility index (Phi) is 4.68. The minimum Gasteiger partial charge on any atom is -0.359 e. The number of carbonyl (C=O) groups is 1. The molecule has 140 valence electrons. The summed E-state index contributed by atoms with van der Waals surface area (Å²) in [5.41, 5.74) is 4.63. The maximum Gasteiger partial charge on any atom is 0.256 e. The second-order valence-electron chi connectivity index (χ2n) is 7.13. The van der Waals surface area contributed by atoms with Gasteiger partial charge in [0.2, 0.25) is 0 Å². The van der Waals surface area contributed by atoms with Crippen LogP contribution in [-0.4, -0.2) is 27.1 Å². The number of aromatic nitrogens is 2. The number of nitrogens with zero attached hydrogens (tertiary/aromatic N) is 3. The van der Waals surface area contributed by atoms with Crippen LogP contribution in [0.3, 0.4) is 0 Å². The fraction of sp³-hybridized carbons (Fsp3) is 0.333. The summed E-state index contributed by atoms with van der Waals surface area (Å²) in [6.45, 7) is 6.68. The highest BCUT2D eigenvalue weighted by Crippen LogP contribution is 2.34. The summed E-state index contributed by atoms with van der Waals surface area (Å²) in [6, 6.07) is 12.0. The number of aryl methyl sites for hydroxylation is 2. The van der Waals surface area contributed by atoms with Crippen molar-refractivity contribution in [2.45, 2.75) is 39.7 Å². The van der Waals surface area contributed by atoms with E-state index in [-0.39, 0.29) is 11.9 Å². The standard InChI is InChI=1S/C21H22BrN3O2/c1-13-10-20(27-23-13)19-8-5-9-24(19)21(26)18-11-14(2)25(15(18)3)17-7-4-6-16(22)12-17/h4,6-7,10-12,19H,5,8-9H2,1-3H3. The third-order valence-corrected chi connectivity index (χ3v) is 5.71. The maximum atomic E-state index is 13.4. The minimum atomic E-state index is -0.0346. The van der Waals surface area contributed by atoms with Crippen molar-refractivity contribution in [2.75, 3.05) is 6.54 Å². The molecule has 1 fully saturated rings. The summed E-state index contributed by atoms with van der Waals surface area (Å²) in [4.78, 5) is 15.3. The van der Waals surface area contributed by atoms with Crippen molar-refractivity contribution in [3.63, 3.8) is 0 Å². The van der Waals surface area contributed by atoms with Crippen molar-refractivity contribution in [3.8, 4) is 5.69 Å². The third kappa shape index (κ3) is 3.23. The molecule has 4 rings (SSSR count). The van der Waals surface area contributed by atoms with E-state index < -0.39 is 0 Å². The molecular weight excluding hydrogens is 406 g/mol. The zero-order chi connectivity index (χ0) is 19.1. The Morgan fingerprint density at radius 2 is 2.04 bits per heavy atom. The smallest absolute Gasteiger partial charge is 0.256 e. The third-order valence-electron chi connectivity index (χ3n) is 5.22. The van der Waals surface area contributed by atoms with Crippen LogP contribution in [0.2, 0.25) is 0 Å². The Morgan fingerprint density at radius 1 is 1.22 bits per heavy atom. The first-order valence-corrected chi connectivity index (χ1v) is 9.94. The van der Waals surface area contributed by atoms with Gasteiger partial charge in [0.05, 0.1) is 17.3 Å². The molecule has 1 aromatic carbocycles. The van der Waals surface area contributed by atoms with Gasteiger partial charge in [0.1, 0.15) is 0 Å². The lowest BCUT2D eigenvalue weighted by Crippen LogP contribution is -2.30. The number of carbonyl (C=O) groups excluding carboxylic acids is 1. The molecule has 1 atom stereocenters. The van der Waals surface area contributed by atoms with Crippen LogP contribution in [0.1, 0.15) is 52.1 Å². The molecule has 0 spiro atoms. The fourth-order valence-corrected chi connectivity index (χ4v) is 4.38. The van der Waals surface area contributed by atoms with Gasteiger partial charge >= 0.3 is 0 Å². The molecular formula is C21H22BrN3O2. The summed E-state index contributed by atoms with van der Waals surface area (Å²) in [7, 11) is 0. The summed E-state index contributed by atoms with van der Waals surface area (Å²) in [6.07, 6.45) is 1.88. The number of hydrogen-bond acceptors (Lipinski definition) is 3. The van der Waals surface area contributed by atoms with Gasteiger partial charge in [-0.25, -0.2) is 0 Å². The van der Waals surface area contributed by atoms with E-state index >= 15 is 0 Å². The maximum absolute atomic E-state index is 13.4. The first kappa shape index (κ1) is 18.0. The van der Waals surface area contributed by atoms with Crippen LogP contribution in [0.5, 0.6) is 0 Å². The van der Waals surface area contributed by atoms with Crippen LogP contribution >= 0.6 is 15.9 Å². The van der Waals surface area contributed by atoms with E-state index in [1.807, 2.05) is 49.9 Å². The van der Waals surface area contributed by atoms with Crippen LogP contribution < -0.4 is 0 Å². The van der Waals surface area contributed by atoms with Crippen molar-refractivity contribution in [2.24, 2.45) is 0 Å². The van der Waals surface area contributed by atoms with Gasteiger partial charge in [0.25, 0.3) is 5.91 Å². The van der Waals surface area contributed by atoms with Gasteiger partial charge in [-0.15, -0.1) is 0 Å². The second-order valence-corrected chi connectivity index (χ2v) is 8.04. The lowest BCUT2D eigenvalue weighted by molar-refractivity contribution is 0.0714. The van der Waals surface area contributed by atoms with Gasteiger partial charge < -0.3 is 14.0 Å². The van der Waals surface area contributed by atoms with Crippen LogP contribution in [0.4, 0.5) is 0 Å². The summed E-state index contributed by atoms with van der Waals surface area (Å²) in [5, 5.41) is 3.99. The number of halogens is 1. The molecule has 0 saturated carbocycles. The first-order chi connectivity index (χ1) is 13.0. The highest BCUT2D eigenvalue weighted by atomic mass is 79.9. The molecule has 1 saturated heterocycles. The summed E-state index contributed by atoms with van der Waals surface area (Å²) >= 11 is 3.53.